The zero-order chi connectivity index (χ0) is 18.5. The van der Waals surface area contributed by atoms with Crippen LogP contribution >= 0.6 is 0 Å². The summed E-state index contributed by atoms with van der Waals surface area (Å²) >= 11 is 0. The van der Waals surface area contributed by atoms with E-state index in [0.29, 0.717) is 16.7 Å². The van der Waals surface area contributed by atoms with Gasteiger partial charge >= 0.3 is 12.1 Å². The van der Waals surface area contributed by atoms with Crippen LogP contribution in [-0.4, -0.2) is 39.3 Å². The topological polar surface area (TPSA) is 83.6 Å². The average Bonchev–Trinajstić information content (AvgIpc) is 3.11. The van der Waals surface area contributed by atoms with E-state index in [4.69, 9.17) is 9.63 Å². The number of amides is 1. The van der Waals surface area contributed by atoms with Crippen molar-refractivity contribution in [1.29, 1.82) is 0 Å². The van der Waals surface area contributed by atoms with E-state index in [1.165, 1.54) is 12.1 Å². The summed E-state index contributed by atoms with van der Waals surface area (Å²) in [7, 11) is 0. The number of carboxylic acid groups (broad SMARTS) is 1. The number of carboxylic acids is 1. The van der Waals surface area contributed by atoms with Crippen LogP contribution in [0.15, 0.2) is 22.7 Å². The van der Waals surface area contributed by atoms with E-state index >= 15 is 0 Å². The number of alkyl halides is 3. The molecule has 132 valence electrons. The van der Waals surface area contributed by atoms with Crippen molar-refractivity contribution < 1.29 is 32.4 Å². The molecule has 0 fully saturated rings. The van der Waals surface area contributed by atoms with Crippen molar-refractivity contribution in [3.63, 3.8) is 0 Å². The molecule has 0 radical (unpaired) electrons. The quantitative estimate of drug-likeness (QED) is 0.915. The van der Waals surface area contributed by atoms with E-state index in [1.54, 1.807) is 13.0 Å². The van der Waals surface area contributed by atoms with E-state index in [0.717, 1.165) is 11.8 Å². The summed E-state index contributed by atoms with van der Waals surface area (Å²) < 4.78 is 43.8. The number of aryl methyl sites for hydroxylation is 1. The number of benzene rings is 1. The molecule has 9 heteroatoms. The summed E-state index contributed by atoms with van der Waals surface area (Å²) in [5.74, 6) is -1.76. The number of hydrogen-bond acceptors (Lipinski definition) is 4. The summed E-state index contributed by atoms with van der Waals surface area (Å²) in [4.78, 5) is 24.0. The second-order valence-electron chi connectivity index (χ2n) is 5.86. The Bertz CT molecular complexity index is 873. The first-order valence-corrected chi connectivity index (χ1v) is 7.31. The van der Waals surface area contributed by atoms with Crippen molar-refractivity contribution in [3.05, 3.63) is 40.6 Å². The van der Waals surface area contributed by atoms with Gasteiger partial charge in [0.25, 0.3) is 5.91 Å². The molecular formula is C16H13F3N2O4. The van der Waals surface area contributed by atoms with E-state index in [1.807, 2.05) is 0 Å². The second-order valence-corrected chi connectivity index (χ2v) is 5.86. The van der Waals surface area contributed by atoms with Crippen LogP contribution in [-0.2, 0) is 6.54 Å². The van der Waals surface area contributed by atoms with Crippen molar-refractivity contribution in [2.45, 2.75) is 32.6 Å². The molecule has 0 spiro atoms. The number of aromatic carboxylic acids is 1. The van der Waals surface area contributed by atoms with Gasteiger partial charge in [0.15, 0.2) is 11.5 Å². The third kappa shape index (κ3) is 2.86. The maximum absolute atomic E-state index is 12.9. The van der Waals surface area contributed by atoms with Crippen molar-refractivity contribution in [2.75, 3.05) is 0 Å². The van der Waals surface area contributed by atoms with Crippen LogP contribution in [0.2, 0.25) is 0 Å². The van der Waals surface area contributed by atoms with E-state index in [2.05, 4.69) is 5.16 Å². The molecule has 2 aromatic rings. The van der Waals surface area contributed by atoms with Gasteiger partial charge < -0.3 is 14.5 Å². The highest BCUT2D eigenvalue weighted by Gasteiger charge is 2.45. The molecule has 25 heavy (non-hydrogen) atoms. The van der Waals surface area contributed by atoms with E-state index in [-0.39, 0.29) is 23.6 Å². The van der Waals surface area contributed by atoms with E-state index < -0.39 is 24.1 Å². The van der Waals surface area contributed by atoms with E-state index in [9.17, 15) is 22.8 Å². The minimum Gasteiger partial charge on any atom is -0.476 e. The monoisotopic (exact) mass is 354 g/mol. The molecule has 1 aromatic carbocycles. The van der Waals surface area contributed by atoms with Crippen LogP contribution < -0.4 is 0 Å². The Morgan fingerprint density at radius 1 is 1.36 bits per heavy atom. The smallest absolute Gasteiger partial charge is 0.408 e. The highest BCUT2D eigenvalue weighted by atomic mass is 19.4. The number of nitrogens with zero attached hydrogens (tertiary/aromatic N) is 2. The van der Waals surface area contributed by atoms with Crippen LogP contribution in [0.1, 0.15) is 38.9 Å². The maximum atomic E-state index is 12.9. The largest absolute Gasteiger partial charge is 0.476 e. The Kier molecular flexibility index (Phi) is 3.81. The molecule has 1 aliphatic heterocycles. The molecule has 2 heterocycles. The van der Waals surface area contributed by atoms with Gasteiger partial charge in [0.2, 0.25) is 0 Å². The summed E-state index contributed by atoms with van der Waals surface area (Å²) in [6.45, 7) is 2.37. The van der Waals surface area contributed by atoms with Crippen LogP contribution in [0.25, 0.3) is 11.3 Å². The molecule has 1 N–H and O–H groups in total. The summed E-state index contributed by atoms with van der Waals surface area (Å²) in [5, 5.41) is 12.3. The van der Waals surface area contributed by atoms with Crippen LogP contribution in [0, 0.1) is 6.92 Å². The molecule has 1 aliphatic rings. The Balaban J connectivity index is 1.99. The molecule has 0 saturated carbocycles. The van der Waals surface area contributed by atoms with Gasteiger partial charge in [0, 0.05) is 23.7 Å². The number of hydrogen-bond donors (Lipinski definition) is 1. The molecule has 0 bridgehead atoms. The Labute approximate surface area is 139 Å². The van der Waals surface area contributed by atoms with Crippen molar-refractivity contribution in [1.82, 2.24) is 10.1 Å². The van der Waals surface area contributed by atoms with Gasteiger partial charge in [0.05, 0.1) is 0 Å². The third-order valence-corrected chi connectivity index (χ3v) is 4.19. The predicted molar refractivity (Wildman–Crippen MR) is 79.0 cm³/mol. The van der Waals surface area contributed by atoms with Gasteiger partial charge in [-0.25, -0.2) is 4.79 Å². The standard InChI is InChI=1S/C16H13F3N2O4/c1-7-3-9(12-5-11(15(23)24)20-25-12)4-10-6-21(14(22)13(7)10)8(2)16(17,18)19/h3-5,8H,6H2,1-2H3,(H,23,24)/t8-/m0/s1. The lowest BCUT2D eigenvalue weighted by Gasteiger charge is -2.26. The Hall–Kier alpha value is -2.84. The second kappa shape index (κ2) is 5.61. The summed E-state index contributed by atoms with van der Waals surface area (Å²) in [6.07, 6.45) is -4.52. The van der Waals surface area contributed by atoms with Gasteiger partial charge in [-0.1, -0.05) is 5.16 Å². The Morgan fingerprint density at radius 2 is 2.04 bits per heavy atom. The minimum absolute atomic E-state index is 0.165. The minimum atomic E-state index is -4.52. The molecule has 0 aliphatic carbocycles. The van der Waals surface area contributed by atoms with Gasteiger partial charge in [0.1, 0.15) is 6.04 Å². The first kappa shape index (κ1) is 17.0. The molecular weight excluding hydrogens is 341 g/mol. The fourth-order valence-electron chi connectivity index (χ4n) is 2.83. The van der Waals surface area contributed by atoms with Crippen LogP contribution in [0.5, 0.6) is 0 Å². The molecule has 1 atom stereocenters. The zero-order valence-electron chi connectivity index (χ0n) is 13.2. The average molecular weight is 354 g/mol. The van der Waals surface area contributed by atoms with Gasteiger partial charge in [-0.3, -0.25) is 4.79 Å². The highest BCUT2D eigenvalue weighted by Crippen LogP contribution is 2.35. The number of halogens is 3. The third-order valence-electron chi connectivity index (χ3n) is 4.19. The van der Waals surface area contributed by atoms with Crippen molar-refractivity contribution in [2.24, 2.45) is 0 Å². The molecule has 1 aromatic heterocycles. The van der Waals surface area contributed by atoms with Gasteiger partial charge in [-0.2, -0.15) is 13.2 Å². The lowest BCUT2D eigenvalue weighted by atomic mass is 9.99. The Morgan fingerprint density at radius 3 is 2.60 bits per heavy atom. The molecule has 1 amide bonds. The zero-order valence-corrected chi connectivity index (χ0v) is 13.2. The lowest BCUT2D eigenvalue weighted by molar-refractivity contribution is -0.172. The van der Waals surface area contributed by atoms with Crippen LogP contribution in [0.3, 0.4) is 0 Å². The number of aromatic nitrogens is 1. The number of carbonyl (C=O) groups excluding carboxylic acids is 1. The molecule has 0 unspecified atom stereocenters. The summed E-state index contributed by atoms with van der Waals surface area (Å²) in [6, 6.07) is 2.40. The first-order chi connectivity index (χ1) is 11.6. The fourth-order valence-corrected chi connectivity index (χ4v) is 2.83. The molecule has 0 saturated heterocycles. The normalized spacial score (nSPS) is 15.4. The van der Waals surface area contributed by atoms with Gasteiger partial charge in [-0.05, 0) is 37.1 Å². The maximum Gasteiger partial charge on any atom is 0.408 e. The number of fused-ring (bicyclic) bond motifs is 1. The fraction of sp³-hybridized carbons (Fsp3) is 0.312. The highest BCUT2D eigenvalue weighted by molar-refractivity contribution is 6.00. The number of rotatable bonds is 3. The summed E-state index contributed by atoms with van der Waals surface area (Å²) in [5.41, 5.74) is 1.33. The lowest BCUT2D eigenvalue weighted by Crippen LogP contribution is -2.43. The van der Waals surface area contributed by atoms with Crippen molar-refractivity contribution in [3.8, 4) is 11.3 Å². The SMILES string of the molecule is Cc1cc(-c2cc(C(=O)O)no2)cc2c1C(=O)N([C@@H](C)C(F)(F)F)C2. The van der Waals surface area contributed by atoms with Crippen molar-refractivity contribution >= 4 is 11.9 Å². The molecule has 3 rings (SSSR count). The first-order valence-electron chi connectivity index (χ1n) is 7.31. The predicted octanol–water partition coefficient (Wildman–Crippen LogP) is 3.25. The number of carbonyl (C=O) groups is 2. The van der Waals surface area contributed by atoms with Gasteiger partial charge in [-0.15, -0.1) is 0 Å². The van der Waals surface area contributed by atoms with Crippen LogP contribution in [0.4, 0.5) is 13.2 Å². The molecule has 6 nitrogen and oxygen atoms in total.